The Morgan fingerprint density at radius 1 is 1.22 bits per heavy atom. The van der Waals surface area contributed by atoms with Crippen LogP contribution < -0.4 is 5.32 Å². The average Bonchev–Trinajstić information content (AvgIpc) is 2.35. The highest BCUT2D eigenvalue weighted by atomic mass is 127. The Bertz CT molecular complexity index is 362. The van der Waals surface area contributed by atoms with Crippen molar-refractivity contribution >= 4 is 22.6 Å². The third-order valence-corrected chi connectivity index (χ3v) is 4.96. The molecule has 0 saturated heterocycles. The molecule has 0 aromatic heterocycles. The van der Waals surface area contributed by atoms with Gasteiger partial charge in [0, 0.05) is 9.61 Å². The molecule has 0 aliphatic carbocycles. The van der Waals surface area contributed by atoms with Crippen molar-refractivity contribution in [2.75, 3.05) is 6.54 Å². The second kappa shape index (κ2) is 8.16. The van der Waals surface area contributed by atoms with Crippen LogP contribution in [0.2, 0.25) is 0 Å². The van der Waals surface area contributed by atoms with Gasteiger partial charge in [0.2, 0.25) is 0 Å². The van der Waals surface area contributed by atoms with Crippen LogP contribution in [0.5, 0.6) is 0 Å². The van der Waals surface area contributed by atoms with E-state index >= 15 is 0 Å². The number of nitrogens with one attached hydrogen (secondary N) is 1. The largest absolute Gasteiger partial charge is 0.310 e. The lowest BCUT2D eigenvalue weighted by atomic mass is 9.90. The average molecular weight is 359 g/mol. The van der Waals surface area contributed by atoms with Crippen molar-refractivity contribution in [1.29, 1.82) is 0 Å². The fourth-order valence-electron chi connectivity index (χ4n) is 2.45. The Morgan fingerprint density at radius 3 is 2.56 bits per heavy atom. The summed E-state index contributed by atoms with van der Waals surface area (Å²) in [6, 6.07) is 7.17. The first-order valence-electron chi connectivity index (χ1n) is 7.10. The van der Waals surface area contributed by atoms with Crippen molar-refractivity contribution in [2.24, 2.45) is 5.92 Å². The lowest BCUT2D eigenvalue weighted by Gasteiger charge is -2.27. The second-order valence-corrected chi connectivity index (χ2v) is 6.25. The quantitative estimate of drug-likeness (QED) is 0.670. The number of hydrogen-bond acceptors (Lipinski definition) is 1. The molecule has 1 nitrogen and oxygen atoms in total. The molecule has 0 bridgehead atoms. The predicted molar refractivity (Wildman–Crippen MR) is 89.0 cm³/mol. The van der Waals surface area contributed by atoms with E-state index < -0.39 is 0 Å². The van der Waals surface area contributed by atoms with Crippen molar-refractivity contribution in [3.05, 3.63) is 32.9 Å². The maximum absolute atomic E-state index is 3.73. The third kappa shape index (κ3) is 4.23. The zero-order chi connectivity index (χ0) is 13.5. The molecule has 0 heterocycles. The van der Waals surface area contributed by atoms with E-state index in [1.54, 1.807) is 0 Å². The normalized spacial score (nSPS) is 14.5. The summed E-state index contributed by atoms with van der Waals surface area (Å²) in [6.07, 6.45) is 3.73. The van der Waals surface area contributed by atoms with E-state index in [2.05, 4.69) is 73.8 Å². The van der Waals surface area contributed by atoms with E-state index in [4.69, 9.17) is 0 Å². The summed E-state index contributed by atoms with van der Waals surface area (Å²) >= 11 is 2.49. The zero-order valence-electron chi connectivity index (χ0n) is 12.1. The number of aryl methyl sites for hydroxylation is 1. The van der Waals surface area contributed by atoms with Gasteiger partial charge in [0.15, 0.2) is 0 Å². The minimum Gasteiger partial charge on any atom is -0.310 e. The van der Waals surface area contributed by atoms with E-state index in [-0.39, 0.29) is 0 Å². The molecule has 18 heavy (non-hydrogen) atoms. The van der Waals surface area contributed by atoms with Crippen LogP contribution >= 0.6 is 22.6 Å². The highest BCUT2D eigenvalue weighted by molar-refractivity contribution is 14.1. The van der Waals surface area contributed by atoms with Crippen molar-refractivity contribution in [3.63, 3.8) is 0 Å². The molecule has 1 aromatic carbocycles. The molecule has 0 radical (unpaired) electrons. The van der Waals surface area contributed by atoms with Gasteiger partial charge in [-0.25, -0.2) is 0 Å². The maximum Gasteiger partial charge on any atom is 0.0356 e. The van der Waals surface area contributed by atoms with E-state index in [0.29, 0.717) is 12.0 Å². The van der Waals surface area contributed by atoms with E-state index in [1.807, 2.05) is 0 Å². The summed E-state index contributed by atoms with van der Waals surface area (Å²) in [5.74, 6) is 0.692. The molecule has 1 N–H and O–H groups in total. The molecule has 0 fully saturated rings. The van der Waals surface area contributed by atoms with Gasteiger partial charge < -0.3 is 5.32 Å². The maximum atomic E-state index is 3.73. The van der Waals surface area contributed by atoms with Gasteiger partial charge in [-0.15, -0.1) is 0 Å². The Balaban J connectivity index is 2.97. The van der Waals surface area contributed by atoms with Crippen molar-refractivity contribution in [2.45, 2.75) is 53.0 Å². The number of benzene rings is 1. The molecule has 0 amide bonds. The Kier molecular flexibility index (Phi) is 7.23. The molecule has 102 valence electrons. The minimum atomic E-state index is 0.497. The van der Waals surface area contributed by atoms with E-state index in [9.17, 15) is 0 Å². The first kappa shape index (κ1) is 16.0. The van der Waals surface area contributed by atoms with Crippen LogP contribution in [0.25, 0.3) is 0 Å². The Morgan fingerprint density at radius 2 is 1.94 bits per heavy atom. The summed E-state index contributed by atoms with van der Waals surface area (Å²) in [4.78, 5) is 0. The van der Waals surface area contributed by atoms with Crippen LogP contribution in [0, 0.1) is 16.4 Å². The van der Waals surface area contributed by atoms with Crippen LogP contribution in [0.3, 0.4) is 0 Å². The van der Waals surface area contributed by atoms with Crippen molar-refractivity contribution < 1.29 is 0 Å². The molecule has 0 spiro atoms. The van der Waals surface area contributed by atoms with Gasteiger partial charge in [-0.05, 0) is 65.9 Å². The third-order valence-electron chi connectivity index (χ3n) is 3.48. The van der Waals surface area contributed by atoms with Crippen LogP contribution in [-0.4, -0.2) is 6.54 Å². The molecule has 0 aliphatic heterocycles. The van der Waals surface area contributed by atoms with Gasteiger partial charge >= 0.3 is 0 Å². The zero-order valence-corrected chi connectivity index (χ0v) is 14.3. The first-order chi connectivity index (χ1) is 8.61. The second-order valence-electron chi connectivity index (χ2n) is 5.18. The lowest BCUT2D eigenvalue weighted by molar-refractivity contribution is 0.362. The summed E-state index contributed by atoms with van der Waals surface area (Å²) in [7, 11) is 0. The van der Waals surface area contributed by atoms with Gasteiger partial charge in [-0.1, -0.05) is 45.4 Å². The smallest absolute Gasteiger partial charge is 0.0356 e. The molecule has 2 heteroatoms. The lowest BCUT2D eigenvalue weighted by Crippen LogP contribution is -2.28. The fraction of sp³-hybridized carbons (Fsp3) is 0.625. The van der Waals surface area contributed by atoms with Crippen LogP contribution in [0.1, 0.15) is 57.2 Å². The molecule has 2 unspecified atom stereocenters. The molecule has 1 aromatic rings. The first-order valence-corrected chi connectivity index (χ1v) is 8.18. The molecular weight excluding hydrogens is 333 g/mol. The number of hydrogen-bond donors (Lipinski definition) is 1. The summed E-state index contributed by atoms with van der Waals surface area (Å²) < 4.78 is 1.42. The van der Waals surface area contributed by atoms with Crippen molar-refractivity contribution in [1.82, 2.24) is 5.32 Å². The van der Waals surface area contributed by atoms with E-state index in [0.717, 1.165) is 6.54 Å². The summed E-state index contributed by atoms with van der Waals surface area (Å²) in [5, 5.41) is 3.73. The van der Waals surface area contributed by atoms with Gasteiger partial charge in [0.1, 0.15) is 0 Å². The van der Waals surface area contributed by atoms with Crippen LogP contribution in [0.4, 0.5) is 0 Å². The molecule has 1 rings (SSSR count). The Hall–Kier alpha value is -0.0900. The predicted octanol–water partition coefficient (Wildman–Crippen LogP) is 5.08. The highest BCUT2D eigenvalue weighted by Crippen LogP contribution is 2.30. The molecular formula is C16H26IN. The summed E-state index contributed by atoms with van der Waals surface area (Å²) in [5.41, 5.74) is 2.87. The van der Waals surface area contributed by atoms with Gasteiger partial charge in [0.05, 0.1) is 0 Å². The number of rotatable bonds is 7. The Labute approximate surface area is 126 Å². The highest BCUT2D eigenvalue weighted by Gasteiger charge is 2.20. The van der Waals surface area contributed by atoms with Gasteiger partial charge in [0.25, 0.3) is 0 Å². The molecule has 0 aliphatic rings. The molecule has 2 atom stereocenters. The fourth-order valence-corrected chi connectivity index (χ4v) is 3.14. The SMILES string of the molecule is CCCNC(c1cccc(C)c1I)C(C)CCC. The van der Waals surface area contributed by atoms with Gasteiger partial charge in [-0.2, -0.15) is 0 Å². The van der Waals surface area contributed by atoms with Gasteiger partial charge in [-0.3, -0.25) is 0 Å². The summed E-state index contributed by atoms with van der Waals surface area (Å²) in [6.45, 7) is 10.2. The number of halogens is 1. The van der Waals surface area contributed by atoms with Crippen LogP contribution in [-0.2, 0) is 0 Å². The van der Waals surface area contributed by atoms with Crippen molar-refractivity contribution in [3.8, 4) is 0 Å². The minimum absolute atomic E-state index is 0.497. The molecule has 0 saturated carbocycles. The standard InChI is InChI=1S/C16H26IN/c1-5-8-13(4)16(18-11-6-2)14-10-7-9-12(3)15(14)17/h7,9-10,13,16,18H,5-6,8,11H2,1-4H3. The van der Waals surface area contributed by atoms with E-state index in [1.165, 1.54) is 34.0 Å². The topological polar surface area (TPSA) is 12.0 Å². The van der Waals surface area contributed by atoms with Crippen LogP contribution in [0.15, 0.2) is 18.2 Å². The monoisotopic (exact) mass is 359 g/mol.